The van der Waals surface area contributed by atoms with Gasteiger partial charge in [0.25, 0.3) is 5.56 Å². The Balaban J connectivity index is 1.47. The molecule has 1 N–H and O–H groups in total. The van der Waals surface area contributed by atoms with Crippen LogP contribution in [0.25, 0.3) is 22.2 Å². The first-order valence-corrected chi connectivity index (χ1v) is 9.92. The molecule has 1 aliphatic rings. The molecule has 1 fully saturated rings. The molecule has 0 spiro atoms. The van der Waals surface area contributed by atoms with E-state index in [0.717, 1.165) is 46.5 Å². The number of hydrogen-bond acceptors (Lipinski definition) is 4. The minimum Gasteiger partial charge on any atom is -0.378 e. The van der Waals surface area contributed by atoms with Gasteiger partial charge in [0, 0.05) is 42.5 Å². The summed E-state index contributed by atoms with van der Waals surface area (Å²) in [7, 11) is 0. The predicted octanol–water partition coefficient (Wildman–Crippen LogP) is 3.42. The van der Waals surface area contributed by atoms with Crippen LogP contribution in [0.4, 0.5) is 10.1 Å². The quantitative estimate of drug-likeness (QED) is 0.566. The highest BCUT2D eigenvalue weighted by Crippen LogP contribution is 2.30. The minimum absolute atomic E-state index is 0.136. The maximum Gasteiger partial charge on any atom is 0.251 e. The highest BCUT2D eigenvalue weighted by molar-refractivity contribution is 5.95. The van der Waals surface area contributed by atoms with E-state index in [1.807, 2.05) is 24.5 Å². The van der Waals surface area contributed by atoms with Gasteiger partial charge in [-0.2, -0.15) is 0 Å². The topological polar surface area (TPSA) is 63.1 Å². The Labute approximate surface area is 172 Å². The Morgan fingerprint density at radius 3 is 2.80 bits per heavy atom. The molecular weight excluding hydrogens is 383 g/mol. The fraction of sp³-hybridized carbons (Fsp3) is 0.217. The number of rotatable bonds is 4. The second kappa shape index (κ2) is 7.76. The minimum atomic E-state index is -0.306. The maximum absolute atomic E-state index is 13.4. The van der Waals surface area contributed by atoms with Crippen LogP contribution in [0.5, 0.6) is 0 Å². The number of benzene rings is 1. The average molecular weight is 404 g/mol. The van der Waals surface area contributed by atoms with E-state index in [1.54, 1.807) is 22.9 Å². The molecule has 0 aliphatic carbocycles. The number of hydrogen-bond donors (Lipinski definition) is 1. The highest BCUT2D eigenvalue weighted by Gasteiger charge is 2.15. The lowest BCUT2D eigenvalue weighted by molar-refractivity contribution is 0.122. The number of fused-ring (bicyclic) bond motifs is 1. The Morgan fingerprint density at radius 2 is 2.00 bits per heavy atom. The third-order valence-electron chi connectivity index (χ3n) is 5.44. The monoisotopic (exact) mass is 404 g/mol. The van der Waals surface area contributed by atoms with E-state index >= 15 is 0 Å². The summed E-state index contributed by atoms with van der Waals surface area (Å²) < 4.78 is 20.4. The molecule has 1 aromatic carbocycles. The van der Waals surface area contributed by atoms with E-state index in [2.05, 4.69) is 20.9 Å². The number of nitrogens with zero attached hydrogens (tertiary/aromatic N) is 3. The molecule has 0 radical (unpaired) electrons. The third-order valence-corrected chi connectivity index (χ3v) is 5.44. The van der Waals surface area contributed by atoms with Crippen molar-refractivity contribution in [1.29, 1.82) is 0 Å². The third kappa shape index (κ3) is 3.59. The predicted molar refractivity (Wildman–Crippen MR) is 114 cm³/mol. The van der Waals surface area contributed by atoms with Gasteiger partial charge in [0.15, 0.2) is 0 Å². The van der Waals surface area contributed by atoms with Crippen LogP contribution in [0.2, 0.25) is 0 Å². The summed E-state index contributed by atoms with van der Waals surface area (Å²) >= 11 is 0. The van der Waals surface area contributed by atoms with E-state index in [0.29, 0.717) is 19.8 Å². The van der Waals surface area contributed by atoms with E-state index in [-0.39, 0.29) is 11.4 Å². The first-order valence-electron chi connectivity index (χ1n) is 9.92. The van der Waals surface area contributed by atoms with Gasteiger partial charge in [-0.05, 0) is 35.4 Å². The molecule has 30 heavy (non-hydrogen) atoms. The van der Waals surface area contributed by atoms with Crippen LogP contribution in [0.3, 0.4) is 0 Å². The second-order valence-corrected chi connectivity index (χ2v) is 7.40. The molecule has 3 aromatic heterocycles. The number of aromatic nitrogens is 3. The van der Waals surface area contributed by atoms with Crippen LogP contribution in [-0.2, 0) is 11.3 Å². The second-order valence-electron chi connectivity index (χ2n) is 7.40. The molecular formula is C23H21FN4O2. The normalized spacial score (nSPS) is 14.4. The molecule has 0 bridgehead atoms. The van der Waals surface area contributed by atoms with E-state index in [4.69, 9.17) is 4.74 Å². The van der Waals surface area contributed by atoms with Gasteiger partial charge in [0.1, 0.15) is 11.5 Å². The number of morpholine rings is 1. The summed E-state index contributed by atoms with van der Waals surface area (Å²) in [4.78, 5) is 22.7. The van der Waals surface area contributed by atoms with Crippen LogP contribution in [0.1, 0.15) is 5.56 Å². The van der Waals surface area contributed by atoms with Crippen LogP contribution in [0.15, 0.2) is 65.8 Å². The van der Waals surface area contributed by atoms with Crippen molar-refractivity contribution in [2.24, 2.45) is 0 Å². The molecule has 0 amide bonds. The first-order chi connectivity index (χ1) is 14.7. The average Bonchev–Trinajstić information content (AvgIpc) is 3.19. The van der Waals surface area contributed by atoms with Gasteiger partial charge in [-0.15, -0.1) is 0 Å². The highest BCUT2D eigenvalue weighted by atomic mass is 19.1. The number of H-pyrrole nitrogens is 1. The van der Waals surface area contributed by atoms with Gasteiger partial charge in [-0.25, -0.2) is 9.37 Å². The van der Waals surface area contributed by atoms with Gasteiger partial charge in [0.2, 0.25) is 0 Å². The van der Waals surface area contributed by atoms with Crippen molar-refractivity contribution in [3.8, 4) is 11.1 Å². The Morgan fingerprint density at radius 1 is 1.13 bits per heavy atom. The van der Waals surface area contributed by atoms with Crippen LogP contribution in [-0.4, -0.2) is 40.8 Å². The standard InChI is InChI=1S/C23H21FN4O2/c24-18-3-1-2-16(10-18)15-28-5-4-17(11-22(28)29)21-14-26-23-20(21)12-19(13-25-23)27-6-8-30-9-7-27/h1-5,10-14H,6-9,15H2,(H,25,26). The fourth-order valence-electron chi connectivity index (χ4n) is 3.86. The Bertz CT molecular complexity index is 1260. The van der Waals surface area contributed by atoms with Gasteiger partial charge < -0.3 is 19.2 Å². The van der Waals surface area contributed by atoms with Crippen molar-refractivity contribution in [2.45, 2.75) is 6.54 Å². The van der Waals surface area contributed by atoms with Crippen LogP contribution < -0.4 is 10.5 Å². The molecule has 6 nitrogen and oxygen atoms in total. The first kappa shape index (κ1) is 18.6. The molecule has 1 aliphatic heterocycles. The summed E-state index contributed by atoms with van der Waals surface area (Å²) in [6, 6.07) is 11.9. The van der Waals surface area contributed by atoms with Crippen molar-refractivity contribution in [3.05, 3.63) is 82.8 Å². The van der Waals surface area contributed by atoms with Crippen LogP contribution in [0, 0.1) is 5.82 Å². The molecule has 152 valence electrons. The Hall–Kier alpha value is -3.45. The van der Waals surface area contributed by atoms with Gasteiger partial charge in [-0.3, -0.25) is 4.79 Å². The summed E-state index contributed by atoms with van der Waals surface area (Å²) in [5, 5.41) is 0.973. The Kier molecular flexibility index (Phi) is 4.80. The summed E-state index contributed by atoms with van der Waals surface area (Å²) in [6.07, 6.45) is 5.50. The number of aromatic amines is 1. The van der Waals surface area contributed by atoms with Crippen molar-refractivity contribution in [1.82, 2.24) is 14.5 Å². The number of nitrogens with one attached hydrogen (secondary N) is 1. The molecule has 5 rings (SSSR count). The number of pyridine rings is 2. The zero-order valence-corrected chi connectivity index (χ0v) is 16.3. The van der Waals surface area contributed by atoms with Crippen molar-refractivity contribution in [3.63, 3.8) is 0 Å². The molecule has 4 heterocycles. The lowest BCUT2D eigenvalue weighted by Crippen LogP contribution is -2.36. The molecule has 0 atom stereocenters. The van der Waals surface area contributed by atoms with Crippen molar-refractivity contribution in [2.75, 3.05) is 31.2 Å². The number of anilines is 1. The fourth-order valence-corrected chi connectivity index (χ4v) is 3.86. The molecule has 1 saturated heterocycles. The lowest BCUT2D eigenvalue weighted by atomic mass is 10.1. The van der Waals surface area contributed by atoms with Gasteiger partial charge >= 0.3 is 0 Å². The molecule has 4 aromatic rings. The lowest BCUT2D eigenvalue weighted by Gasteiger charge is -2.28. The van der Waals surface area contributed by atoms with Gasteiger partial charge in [0.05, 0.1) is 31.6 Å². The number of halogens is 1. The van der Waals surface area contributed by atoms with E-state index in [9.17, 15) is 9.18 Å². The SMILES string of the molecule is O=c1cc(-c2c[nH]c3ncc(N4CCOCC4)cc23)ccn1Cc1cccc(F)c1. The summed E-state index contributed by atoms with van der Waals surface area (Å²) in [6.45, 7) is 3.42. The van der Waals surface area contributed by atoms with Gasteiger partial charge in [-0.1, -0.05) is 12.1 Å². The van der Waals surface area contributed by atoms with E-state index in [1.165, 1.54) is 12.1 Å². The largest absolute Gasteiger partial charge is 0.378 e. The summed E-state index contributed by atoms with van der Waals surface area (Å²) in [5.41, 5.74) is 4.20. The molecule has 0 saturated carbocycles. The molecule has 0 unspecified atom stereocenters. The zero-order chi connectivity index (χ0) is 20.5. The molecule has 7 heteroatoms. The smallest absolute Gasteiger partial charge is 0.251 e. The summed E-state index contributed by atoms with van der Waals surface area (Å²) in [5.74, 6) is -0.306. The van der Waals surface area contributed by atoms with Crippen molar-refractivity contribution < 1.29 is 9.13 Å². The zero-order valence-electron chi connectivity index (χ0n) is 16.3. The number of ether oxygens (including phenoxy) is 1. The van der Waals surface area contributed by atoms with E-state index < -0.39 is 0 Å². The van der Waals surface area contributed by atoms with Crippen molar-refractivity contribution >= 4 is 16.7 Å². The van der Waals surface area contributed by atoms with Crippen LogP contribution >= 0.6 is 0 Å². The maximum atomic E-state index is 13.4.